The fraction of sp³-hybridized carbons (Fsp3) is 0.667. The molecular weight excluding hydrogens is 260 g/mol. The van der Waals surface area contributed by atoms with Gasteiger partial charge in [0, 0.05) is 7.11 Å². The lowest BCUT2D eigenvalue weighted by atomic mass is 9.81. The predicted octanol–water partition coefficient (Wildman–Crippen LogP) is 3.27. The molecule has 0 aliphatic heterocycles. The van der Waals surface area contributed by atoms with Crippen molar-refractivity contribution in [1.82, 2.24) is 5.43 Å². The van der Waals surface area contributed by atoms with Gasteiger partial charge in [-0.2, -0.15) is 0 Å². The molecule has 0 heterocycles. The van der Waals surface area contributed by atoms with Gasteiger partial charge in [0.05, 0.1) is 12.1 Å². The second-order valence-corrected chi connectivity index (χ2v) is 6.51. The molecule has 1 aliphatic rings. The highest BCUT2D eigenvalue weighted by atomic mass is 16.5. The van der Waals surface area contributed by atoms with E-state index in [9.17, 15) is 0 Å². The summed E-state index contributed by atoms with van der Waals surface area (Å²) in [6, 6.07) is 6.81. The molecule has 21 heavy (non-hydrogen) atoms. The predicted molar refractivity (Wildman–Crippen MR) is 88.1 cm³/mol. The van der Waals surface area contributed by atoms with E-state index in [0.717, 1.165) is 6.42 Å². The number of methoxy groups -OCH3 is 1. The summed E-state index contributed by atoms with van der Waals surface area (Å²) < 4.78 is 5.84. The second kappa shape index (κ2) is 7.92. The molecule has 3 nitrogen and oxygen atoms in total. The Hall–Kier alpha value is -0.900. The zero-order valence-corrected chi connectivity index (χ0v) is 13.7. The molecule has 118 valence electrons. The van der Waals surface area contributed by atoms with Crippen molar-refractivity contribution in [2.24, 2.45) is 11.8 Å². The average molecular weight is 290 g/mol. The minimum absolute atomic E-state index is 0.179. The molecule has 0 bridgehead atoms. The molecule has 1 aromatic carbocycles. The van der Waals surface area contributed by atoms with E-state index in [-0.39, 0.29) is 12.1 Å². The summed E-state index contributed by atoms with van der Waals surface area (Å²) in [4.78, 5) is 0. The van der Waals surface area contributed by atoms with Crippen molar-refractivity contribution in [3.8, 4) is 0 Å². The van der Waals surface area contributed by atoms with Gasteiger partial charge in [0.15, 0.2) is 0 Å². The molecule has 2 atom stereocenters. The van der Waals surface area contributed by atoms with Crippen LogP contribution in [0.2, 0.25) is 0 Å². The molecule has 0 radical (unpaired) electrons. The third-order valence-corrected chi connectivity index (χ3v) is 4.94. The van der Waals surface area contributed by atoms with E-state index in [4.69, 9.17) is 10.6 Å². The van der Waals surface area contributed by atoms with Crippen LogP contribution in [-0.4, -0.2) is 19.3 Å². The first kappa shape index (κ1) is 16.5. The van der Waals surface area contributed by atoms with Crippen LogP contribution in [0.3, 0.4) is 0 Å². The van der Waals surface area contributed by atoms with Gasteiger partial charge in [0.2, 0.25) is 0 Å². The first-order chi connectivity index (χ1) is 10.2. The molecule has 2 unspecified atom stereocenters. The highest BCUT2D eigenvalue weighted by Crippen LogP contribution is 2.30. The Morgan fingerprint density at radius 1 is 1.24 bits per heavy atom. The van der Waals surface area contributed by atoms with Crippen LogP contribution in [0, 0.1) is 19.8 Å². The standard InChI is InChI=1S/C18H30N2O/c1-13-9-10-14(2)16(11-13)12-17(20-19)18(21-3)15-7-5-4-6-8-15/h9-11,15,17-18,20H,4-8,12,19H2,1-3H3. The molecule has 1 saturated carbocycles. The van der Waals surface area contributed by atoms with E-state index in [1.54, 1.807) is 0 Å². The Morgan fingerprint density at radius 3 is 2.57 bits per heavy atom. The van der Waals surface area contributed by atoms with Gasteiger partial charge in [-0.25, -0.2) is 0 Å². The molecular formula is C18H30N2O. The number of rotatable bonds is 6. The number of benzene rings is 1. The van der Waals surface area contributed by atoms with Crippen molar-refractivity contribution in [3.05, 3.63) is 34.9 Å². The number of nitrogens with one attached hydrogen (secondary N) is 1. The van der Waals surface area contributed by atoms with Crippen molar-refractivity contribution in [3.63, 3.8) is 0 Å². The van der Waals surface area contributed by atoms with Crippen LogP contribution in [0.4, 0.5) is 0 Å². The van der Waals surface area contributed by atoms with Crippen LogP contribution in [0.1, 0.15) is 48.8 Å². The maximum atomic E-state index is 5.86. The lowest BCUT2D eigenvalue weighted by molar-refractivity contribution is 0.00824. The molecule has 1 aromatic rings. The summed E-state index contributed by atoms with van der Waals surface area (Å²) in [6.07, 6.45) is 7.68. The maximum absolute atomic E-state index is 5.86. The summed E-state index contributed by atoms with van der Waals surface area (Å²) in [6.45, 7) is 4.31. The van der Waals surface area contributed by atoms with Crippen LogP contribution in [0.5, 0.6) is 0 Å². The molecule has 0 amide bonds. The molecule has 3 heteroatoms. The largest absolute Gasteiger partial charge is 0.379 e. The van der Waals surface area contributed by atoms with Crippen LogP contribution in [-0.2, 0) is 11.2 Å². The van der Waals surface area contributed by atoms with Crippen LogP contribution < -0.4 is 11.3 Å². The van der Waals surface area contributed by atoms with Gasteiger partial charge in [-0.1, -0.05) is 43.0 Å². The van der Waals surface area contributed by atoms with Gasteiger partial charge in [-0.3, -0.25) is 11.3 Å². The number of hydrogen-bond acceptors (Lipinski definition) is 3. The van der Waals surface area contributed by atoms with Crippen LogP contribution in [0.25, 0.3) is 0 Å². The van der Waals surface area contributed by atoms with Crippen molar-refractivity contribution in [1.29, 1.82) is 0 Å². The number of ether oxygens (including phenoxy) is 1. The van der Waals surface area contributed by atoms with Crippen molar-refractivity contribution in [2.45, 2.75) is 64.5 Å². The third-order valence-electron chi connectivity index (χ3n) is 4.94. The number of hydrazine groups is 1. The highest BCUT2D eigenvalue weighted by molar-refractivity contribution is 5.31. The van der Waals surface area contributed by atoms with Crippen molar-refractivity contribution in [2.75, 3.05) is 7.11 Å². The van der Waals surface area contributed by atoms with Gasteiger partial charge >= 0.3 is 0 Å². The monoisotopic (exact) mass is 290 g/mol. The molecule has 0 aromatic heterocycles. The molecule has 0 saturated heterocycles. The Kier molecular flexibility index (Phi) is 6.22. The first-order valence-electron chi connectivity index (χ1n) is 8.20. The quantitative estimate of drug-likeness (QED) is 0.624. The normalized spacial score (nSPS) is 19.4. The zero-order valence-electron chi connectivity index (χ0n) is 13.7. The minimum Gasteiger partial charge on any atom is -0.379 e. The number of hydrogen-bond donors (Lipinski definition) is 2. The fourth-order valence-corrected chi connectivity index (χ4v) is 3.67. The number of aryl methyl sites for hydroxylation is 2. The van der Waals surface area contributed by atoms with Gasteiger partial charge in [0.1, 0.15) is 0 Å². The molecule has 1 aliphatic carbocycles. The van der Waals surface area contributed by atoms with Gasteiger partial charge < -0.3 is 4.74 Å². The average Bonchev–Trinajstić information content (AvgIpc) is 2.51. The smallest absolute Gasteiger partial charge is 0.0769 e. The Balaban J connectivity index is 2.11. The van der Waals surface area contributed by atoms with Gasteiger partial charge in [-0.05, 0) is 50.2 Å². The third kappa shape index (κ3) is 4.29. The fourth-order valence-electron chi connectivity index (χ4n) is 3.67. The number of nitrogens with two attached hydrogens (primary N) is 1. The Bertz CT molecular complexity index is 441. The van der Waals surface area contributed by atoms with E-state index >= 15 is 0 Å². The summed E-state index contributed by atoms with van der Waals surface area (Å²) in [5.41, 5.74) is 7.03. The molecule has 3 N–H and O–H groups in total. The summed E-state index contributed by atoms with van der Waals surface area (Å²) in [5.74, 6) is 6.50. The summed E-state index contributed by atoms with van der Waals surface area (Å²) >= 11 is 0. The van der Waals surface area contributed by atoms with Gasteiger partial charge in [-0.15, -0.1) is 0 Å². The summed E-state index contributed by atoms with van der Waals surface area (Å²) in [7, 11) is 1.83. The highest BCUT2D eigenvalue weighted by Gasteiger charge is 2.30. The SMILES string of the molecule is COC(C1CCCCC1)C(Cc1cc(C)ccc1C)NN. The summed E-state index contributed by atoms with van der Waals surface area (Å²) in [5, 5.41) is 0. The van der Waals surface area contributed by atoms with E-state index < -0.39 is 0 Å². The molecule has 0 spiro atoms. The zero-order chi connectivity index (χ0) is 15.2. The van der Waals surface area contributed by atoms with Crippen LogP contribution in [0.15, 0.2) is 18.2 Å². The van der Waals surface area contributed by atoms with Crippen molar-refractivity contribution >= 4 is 0 Å². The van der Waals surface area contributed by atoms with Gasteiger partial charge in [0.25, 0.3) is 0 Å². The maximum Gasteiger partial charge on any atom is 0.0769 e. The van der Waals surface area contributed by atoms with E-state index in [0.29, 0.717) is 5.92 Å². The van der Waals surface area contributed by atoms with Crippen molar-refractivity contribution < 1.29 is 4.74 Å². The first-order valence-corrected chi connectivity index (χ1v) is 8.20. The Labute approximate surface area is 129 Å². The minimum atomic E-state index is 0.179. The van der Waals surface area contributed by atoms with Crippen LogP contribution >= 0.6 is 0 Å². The van der Waals surface area contributed by atoms with E-state index in [1.165, 1.54) is 48.8 Å². The van der Waals surface area contributed by atoms with E-state index in [2.05, 4.69) is 37.5 Å². The Morgan fingerprint density at radius 2 is 1.95 bits per heavy atom. The van der Waals surface area contributed by atoms with E-state index in [1.807, 2.05) is 7.11 Å². The second-order valence-electron chi connectivity index (χ2n) is 6.51. The lowest BCUT2D eigenvalue weighted by Crippen LogP contribution is -2.49. The molecule has 1 fully saturated rings. The molecule has 2 rings (SSSR count). The topological polar surface area (TPSA) is 47.3 Å². The lowest BCUT2D eigenvalue weighted by Gasteiger charge is -2.35.